The summed E-state index contributed by atoms with van der Waals surface area (Å²) < 4.78 is 6.34. The van der Waals surface area contributed by atoms with Gasteiger partial charge < -0.3 is 15.4 Å². The third-order valence-electron chi connectivity index (χ3n) is 5.06. The summed E-state index contributed by atoms with van der Waals surface area (Å²) in [5.74, 6) is -0.227. The average molecular weight is 400 g/mol. The SMILES string of the molecule is CN1C(=O)C2(C(C#N)=C(N)OC3=C2C(=O)CCC3)c2cc(Br)ccc21. The monoisotopic (exact) mass is 399 g/mol. The van der Waals surface area contributed by atoms with Crippen LogP contribution in [0.2, 0.25) is 0 Å². The fourth-order valence-electron chi connectivity index (χ4n) is 4.03. The largest absolute Gasteiger partial charge is 0.444 e. The van der Waals surface area contributed by atoms with Crippen LogP contribution in [0.4, 0.5) is 5.69 Å². The van der Waals surface area contributed by atoms with Gasteiger partial charge >= 0.3 is 0 Å². The van der Waals surface area contributed by atoms with Crippen LogP contribution in [0.25, 0.3) is 0 Å². The first-order valence-electron chi connectivity index (χ1n) is 7.86. The highest BCUT2D eigenvalue weighted by atomic mass is 79.9. The van der Waals surface area contributed by atoms with Gasteiger partial charge in [-0.2, -0.15) is 5.26 Å². The maximum atomic E-state index is 13.4. The van der Waals surface area contributed by atoms with Gasteiger partial charge in [0.1, 0.15) is 22.8 Å². The molecule has 4 rings (SSSR count). The summed E-state index contributed by atoms with van der Waals surface area (Å²) in [6.45, 7) is 0. The van der Waals surface area contributed by atoms with Gasteiger partial charge in [0.15, 0.2) is 5.78 Å². The number of benzene rings is 1. The standard InChI is InChI=1S/C18H14BrN3O3/c1-22-12-6-5-9(19)7-10(12)18(17(22)24)11(8-20)16(21)25-14-4-2-3-13(23)15(14)18/h5-7H,2-4,21H2,1H3. The molecule has 0 saturated heterocycles. The zero-order chi connectivity index (χ0) is 17.9. The Bertz CT molecular complexity index is 957. The van der Waals surface area contributed by atoms with Crippen LogP contribution in [-0.2, 0) is 19.7 Å². The van der Waals surface area contributed by atoms with Crippen molar-refractivity contribution in [2.75, 3.05) is 11.9 Å². The summed E-state index contributed by atoms with van der Waals surface area (Å²) in [6.07, 6.45) is 1.48. The molecule has 0 fully saturated rings. The normalized spacial score (nSPS) is 25.1. The lowest BCUT2D eigenvalue weighted by molar-refractivity contribution is -0.124. The van der Waals surface area contributed by atoms with Crippen LogP contribution in [0, 0.1) is 11.3 Å². The Morgan fingerprint density at radius 2 is 2.12 bits per heavy atom. The molecule has 1 amide bonds. The van der Waals surface area contributed by atoms with Gasteiger partial charge in [0.25, 0.3) is 0 Å². The third kappa shape index (κ3) is 1.83. The zero-order valence-electron chi connectivity index (χ0n) is 13.4. The number of allylic oxidation sites excluding steroid dienone is 1. The minimum absolute atomic E-state index is 0.0183. The van der Waals surface area contributed by atoms with Gasteiger partial charge in [-0.1, -0.05) is 15.9 Å². The second kappa shape index (κ2) is 5.20. The summed E-state index contributed by atoms with van der Waals surface area (Å²) in [7, 11) is 1.64. The number of hydrogen-bond acceptors (Lipinski definition) is 5. The van der Waals surface area contributed by atoms with Crippen LogP contribution in [0.5, 0.6) is 0 Å². The van der Waals surface area contributed by atoms with Crippen molar-refractivity contribution in [1.29, 1.82) is 5.26 Å². The number of amides is 1. The van der Waals surface area contributed by atoms with Gasteiger partial charge in [0.05, 0.1) is 5.57 Å². The molecule has 2 aliphatic heterocycles. The Balaban J connectivity index is 2.16. The first kappa shape index (κ1) is 15.9. The molecule has 6 nitrogen and oxygen atoms in total. The van der Waals surface area contributed by atoms with E-state index >= 15 is 0 Å². The number of nitriles is 1. The van der Waals surface area contributed by atoms with Crippen molar-refractivity contribution in [3.63, 3.8) is 0 Å². The first-order valence-corrected chi connectivity index (χ1v) is 8.65. The van der Waals surface area contributed by atoms with E-state index in [1.54, 1.807) is 19.2 Å². The van der Waals surface area contributed by atoms with Crippen LogP contribution in [0.1, 0.15) is 24.8 Å². The van der Waals surface area contributed by atoms with Crippen LogP contribution in [0.3, 0.4) is 0 Å². The molecule has 0 radical (unpaired) electrons. The predicted octanol–water partition coefficient (Wildman–Crippen LogP) is 2.39. The fourth-order valence-corrected chi connectivity index (χ4v) is 4.39. The number of hydrogen-bond donors (Lipinski definition) is 1. The highest BCUT2D eigenvalue weighted by Crippen LogP contribution is 2.55. The minimum atomic E-state index is -1.52. The molecular formula is C18H14BrN3O3. The van der Waals surface area contributed by atoms with Crippen molar-refractivity contribution in [1.82, 2.24) is 0 Å². The first-order chi connectivity index (χ1) is 11.9. The Labute approximate surface area is 152 Å². The molecule has 0 aromatic heterocycles. The van der Waals surface area contributed by atoms with Crippen molar-refractivity contribution < 1.29 is 14.3 Å². The summed E-state index contributed by atoms with van der Waals surface area (Å²) in [5, 5.41) is 9.78. The molecule has 3 aliphatic rings. The molecule has 1 aromatic carbocycles. The maximum absolute atomic E-state index is 13.4. The van der Waals surface area contributed by atoms with E-state index in [0.29, 0.717) is 36.3 Å². The topological polar surface area (TPSA) is 96.4 Å². The number of halogens is 1. The lowest BCUT2D eigenvalue weighted by atomic mass is 9.65. The van der Waals surface area contributed by atoms with E-state index in [2.05, 4.69) is 15.9 Å². The molecule has 1 aliphatic carbocycles. The number of nitrogens with two attached hydrogens (primary N) is 1. The van der Waals surface area contributed by atoms with Gasteiger partial charge in [-0.3, -0.25) is 9.59 Å². The number of rotatable bonds is 0. The van der Waals surface area contributed by atoms with Crippen molar-refractivity contribution >= 4 is 33.3 Å². The second-order valence-corrected chi connectivity index (χ2v) is 7.22. The van der Waals surface area contributed by atoms with Crippen molar-refractivity contribution in [3.8, 4) is 6.07 Å². The van der Waals surface area contributed by atoms with E-state index in [-0.39, 0.29) is 28.7 Å². The summed E-state index contributed by atoms with van der Waals surface area (Å²) in [4.78, 5) is 27.7. The Morgan fingerprint density at radius 1 is 1.36 bits per heavy atom. The number of carbonyl (C=O) groups is 2. The van der Waals surface area contributed by atoms with E-state index < -0.39 is 5.41 Å². The zero-order valence-corrected chi connectivity index (χ0v) is 15.0. The van der Waals surface area contributed by atoms with E-state index in [1.807, 2.05) is 12.1 Å². The van der Waals surface area contributed by atoms with Gasteiger partial charge in [-0.25, -0.2) is 0 Å². The van der Waals surface area contributed by atoms with Crippen LogP contribution in [0.15, 0.2) is 45.5 Å². The smallest absolute Gasteiger partial charge is 0.247 e. The second-order valence-electron chi connectivity index (χ2n) is 6.30. The highest BCUT2D eigenvalue weighted by Gasteiger charge is 2.61. The van der Waals surface area contributed by atoms with E-state index in [0.717, 1.165) is 4.47 Å². The number of ketones is 1. The molecule has 1 aromatic rings. The average Bonchev–Trinajstić information content (AvgIpc) is 2.78. The Hall–Kier alpha value is -2.59. The molecule has 126 valence electrons. The molecule has 25 heavy (non-hydrogen) atoms. The maximum Gasteiger partial charge on any atom is 0.247 e. The number of fused-ring (bicyclic) bond motifs is 3. The van der Waals surface area contributed by atoms with Crippen molar-refractivity contribution in [3.05, 3.63) is 51.0 Å². The van der Waals surface area contributed by atoms with E-state index in [4.69, 9.17) is 10.5 Å². The Morgan fingerprint density at radius 3 is 2.84 bits per heavy atom. The lowest BCUT2D eigenvalue weighted by Crippen LogP contribution is -2.48. The van der Waals surface area contributed by atoms with Crippen LogP contribution < -0.4 is 10.6 Å². The molecule has 1 spiro atoms. The van der Waals surface area contributed by atoms with Gasteiger partial charge in [-0.15, -0.1) is 0 Å². The molecular weight excluding hydrogens is 386 g/mol. The number of anilines is 1. The molecule has 1 unspecified atom stereocenters. The molecule has 0 bridgehead atoms. The van der Waals surface area contributed by atoms with E-state index in [9.17, 15) is 14.9 Å². The number of Topliss-reactive ketones (excluding diaryl/α,β-unsaturated/α-hetero) is 1. The molecule has 7 heteroatoms. The summed E-state index contributed by atoms with van der Waals surface area (Å²) >= 11 is 3.42. The number of nitrogens with zero attached hydrogens (tertiary/aromatic N) is 2. The molecule has 0 saturated carbocycles. The van der Waals surface area contributed by atoms with Crippen LogP contribution >= 0.6 is 15.9 Å². The highest BCUT2D eigenvalue weighted by molar-refractivity contribution is 9.10. The number of ether oxygens (including phenoxy) is 1. The molecule has 2 heterocycles. The van der Waals surface area contributed by atoms with Crippen molar-refractivity contribution in [2.45, 2.75) is 24.7 Å². The number of carbonyl (C=O) groups excluding carboxylic acids is 2. The van der Waals surface area contributed by atoms with Gasteiger partial charge in [-0.05, 0) is 24.6 Å². The fraction of sp³-hybridized carbons (Fsp3) is 0.278. The third-order valence-corrected chi connectivity index (χ3v) is 5.55. The quantitative estimate of drug-likeness (QED) is 0.722. The molecule has 1 atom stereocenters. The predicted molar refractivity (Wildman–Crippen MR) is 93.0 cm³/mol. The molecule has 2 N–H and O–H groups in total. The minimum Gasteiger partial charge on any atom is -0.444 e. The van der Waals surface area contributed by atoms with Crippen molar-refractivity contribution in [2.24, 2.45) is 5.73 Å². The summed E-state index contributed by atoms with van der Waals surface area (Å²) in [5.41, 5.74) is 5.97. The van der Waals surface area contributed by atoms with Gasteiger partial charge in [0.2, 0.25) is 11.8 Å². The summed E-state index contributed by atoms with van der Waals surface area (Å²) in [6, 6.07) is 7.42. The van der Waals surface area contributed by atoms with E-state index in [1.165, 1.54) is 4.90 Å². The van der Waals surface area contributed by atoms with Crippen LogP contribution in [-0.4, -0.2) is 18.7 Å². The number of likely N-dealkylation sites (N-methyl/N-ethyl adjacent to an activating group) is 1. The lowest BCUT2D eigenvalue weighted by Gasteiger charge is -2.37. The van der Waals surface area contributed by atoms with Gasteiger partial charge in [0, 0.05) is 35.6 Å². The Kier molecular flexibility index (Phi) is 3.31.